The summed E-state index contributed by atoms with van der Waals surface area (Å²) in [5, 5.41) is 8.46. The minimum Gasteiger partial charge on any atom is -0.480 e. The average Bonchev–Trinajstić information content (AvgIpc) is 2.44. The topological polar surface area (TPSA) is 37.3 Å². The fourth-order valence-electron chi connectivity index (χ4n) is 2.05. The third-order valence-corrected chi connectivity index (χ3v) is 6.63. The van der Waals surface area contributed by atoms with Gasteiger partial charge in [0.2, 0.25) is 0 Å². The molecule has 0 bridgehead atoms. The Balaban J connectivity index is 3.23. The van der Waals surface area contributed by atoms with Crippen LogP contribution in [0.2, 0.25) is 0 Å². The molecule has 0 aromatic heterocycles. The van der Waals surface area contributed by atoms with Gasteiger partial charge in [0.05, 0.1) is 3.91 Å². The normalized spacial score (nSPS) is 14.0. The molecule has 2 nitrogen and oxygen atoms in total. The second-order valence-corrected chi connectivity index (χ2v) is 9.65. The molecule has 0 heterocycles. The second-order valence-electron chi connectivity index (χ2n) is 5.48. The van der Waals surface area contributed by atoms with Crippen molar-refractivity contribution in [3.05, 3.63) is 0 Å². The summed E-state index contributed by atoms with van der Waals surface area (Å²) < 4.78 is 0.0784. The van der Waals surface area contributed by atoms with Gasteiger partial charge in [0, 0.05) is 0 Å². The van der Waals surface area contributed by atoms with Crippen LogP contribution in [0.4, 0.5) is 0 Å². The van der Waals surface area contributed by atoms with E-state index in [-0.39, 0.29) is 9.16 Å². The molecule has 0 amide bonds. The molecule has 0 radical (unpaired) electrons. The van der Waals surface area contributed by atoms with Crippen molar-refractivity contribution in [1.29, 1.82) is 0 Å². The van der Waals surface area contributed by atoms with Crippen LogP contribution < -0.4 is 0 Å². The lowest BCUT2D eigenvalue weighted by Gasteiger charge is -2.12. The van der Waals surface area contributed by atoms with Gasteiger partial charge in [0.25, 0.3) is 0 Å². The van der Waals surface area contributed by atoms with Crippen molar-refractivity contribution in [2.24, 2.45) is 0 Å². The van der Waals surface area contributed by atoms with Gasteiger partial charge in [-0.2, -0.15) is 12.6 Å². The molecule has 0 saturated carbocycles. The number of hydrogen-bond acceptors (Lipinski definition) is 4. The number of rotatable bonds is 15. The number of carboxylic acid groups (broad SMARTS) is 1. The SMILES string of the molecule is CCCCCCCCCCCCSC(S)SC(C)C(=O)O. The van der Waals surface area contributed by atoms with Crippen molar-refractivity contribution in [3.8, 4) is 0 Å². The van der Waals surface area contributed by atoms with Crippen LogP contribution in [-0.2, 0) is 4.79 Å². The maximum absolute atomic E-state index is 10.7. The lowest BCUT2D eigenvalue weighted by Crippen LogP contribution is -2.13. The van der Waals surface area contributed by atoms with E-state index in [2.05, 4.69) is 19.6 Å². The van der Waals surface area contributed by atoms with Crippen LogP contribution in [0.5, 0.6) is 0 Å². The molecule has 0 aliphatic carbocycles. The van der Waals surface area contributed by atoms with E-state index in [4.69, 9.17) is 5.11 Å². The van der Waals surface area contributed by atoms with E-state index >= 15 is 0 Å². The van der Waals surface area contributed by atoms with E-state index in [1.807, 2.05) is 0 Å². The molecule has 2 atom stereocenters. The quantitative estimate of drug-likeness (QED) is 0.213. The van der Waals surface area contributed by atoms with Crippen molar-refractivity contribution in [2.45, 2.75) is 87.2 Å². The zero-order valence-electron chi connectivity index (χ0n) is 13.6. The molecule has 1 N–H and O–H groups in total. The van der Waals surface area contributed by atoms with E-state index < -0.39 is 5.97 Å². The van der Waals surface area contributed by atoms with E-state index in [1.165, 1.54) is 76.0 Å². The molecule has 0 spiro atoms. The van der Waals surface area contributed by atoms with Crippen molar-refractivity contribution >= 4 is 42.1 Å². The van der Waals surface area contributed by atoms with Crippen LogP contribution in [-0.4, -0.2) is 26.0 Å². The summed E-state index contributed by atoms with van der Waals surface area (Å²) in [6.45, 7) is 3.98. The van der Waals surface area contributed by atoms with Gasteiger partial charge in [-0.25, -0.2) is 0 Å². The van der Waals surface area contributed by atoms with Gasteiger partial charge >= 0.3 is 5.97 Å². The molecule has 0 aromatic carbocycles. The Morgan fingerprint density at radius 3 is 1.95 bits per heavy atom. The average molecular weight is 353 g/mol. The first-order chi connectivity index (χ1) is 10.1. The Kier molecular flexibility index (Phi) is 15.8. The van der Waals surface area contributed by atoms with Gasteiger partial charge in [-0.3, -0.25) is 4.79 Å². The summed E-state index contributed by atoms with van der Waals surface area (Å²) in [6.07, 6.45) is 13.5. The molecular formula is C16H32O2S3. The minimum atomic E-state index is -0.751. The van der Waals surface area contributed by atoms with Gasteiger partial charge < -0.3 is 5.11 Å². The first kappa shape index (κ1) is 21.5. The lowest BCUT2D eigenvalue weighted by atomic mass is 10.1. The smallest absolute Gasteiger partial charge is 0.316 e. The molecule has 0 aliphatic rings. The Morgan fingerprint density at radius 2 is 1.48 bits per heavy atom. The Morgan fingerprint density at radius 1 is 1.00 bits per heavy atom. The second kappa shape index (κ2) is 15.4. The fraction of sp³-hybridized carbons (Fsp3) is 0.938. The number of aliphatic carboxylic acids is 1. The van der Waals surface area contributed by atoms with E-state index in [0.29, 0.717) is 0 Å². The van der Waals surface area contributed by atoms with Crippen LogP contribution in [0.15, 0.2) is 0 Å². The number of thiol groups is 1. The molecule has 0 aromatic rings. The summed E-state index contributed by atoms with van der Waals surface area (Å²) in [4.78, 5) is 10.7. The van der Waals surface area contributed by atoms with Crippen LogP contribution in [0.25, 0.3) is 0 Å². The van der Waals surface area contributed by atoms with Gasteiger partial charge in [0.1, 0.15) is 5.25 Å². The number of unbranched alkanes of at least 4 members (excludes halogenated alkanes) is 9. The summed E-state index contributed by atoms with van der Waals surface area (Å²) in [5.74, 6) is 0.336. The van der Waals surface area contributed by atoms with Gasteiger partial charge in [0.15, 0.2) is 0 Å². The number of carboxylic acids is 1. The summed E-state index contributed by atoms with van der Waals surface area (Å²) in [7, 11) is 0. The van der Waals surface area contributed by atoms with Crippen molar-refractivity contribution in [3.63, 3.8) is 0 Å². The molecule has 21 heavy (non-hydrogen) atoms. The maximum Gasteiger partial charge on any atom is 0.316 e. The molecule has 2 unspecified atom stereocenters. The van der Waals surface area contributed by atoms with E-state index in [1.54, 1.807) is 18.7 Å². The fourth-order valence-corrected chi connectivity index (χ4v) is 5.05. The standard InChI is InChI=1S/C16H32O2S3/c1-3-4-5-6-7-8-9-10-11-12-13-20-16(19)21-14(2)15(17)18/h14,16,19H,3-13H2,1-2H3,(H,17,18). The largest absolute Gasteiger partial charge is 0.480 e. The summed E-state index contributed by atoms with van der Waals surface area (Å²) >= 11 is 7.61. The Labute approximate surface area is 145 Å². The predicted octanol–water partition coefficient (Wildman–Crippen LogP) is 6.06. The number of thioether (sulfide) groups is 2. The summed E-state index contributed by atoms with van der Waals surface area (Å²) in [5.41, 5.74) is 0. The van der Waals surface area contributed by atoms with E-state index in [9.17, 15) is 4.79 Å². The molecule has 5 heteroatoms. The Bertz CT molecular complexity index is 250. The Hall–Kier alpha value is 0.520. The molecule has 0 rings (SSSR count). The van der Waals surface area contributed by atoms with Crippen LogP contribution in [0.3, 0.4) is 0 Å². The number of hydrogen-bond donors (Lipinski definition) is 2. The maximum atomic E-state index is 10.7. The highest BCUT2D eigenvalue weighted by Crippen LogP contribution is 2.31. The van der Waals surface area contributed by atoms with E-state index in [0.717, 1.165) is 5.75 Å². The highest BCUT2D eigenvalue weighted by atomic mass is 32.3. The molecule has 126 valence electrons. The van der Waals surface area contributed by atoms with Crippen LogP contribution in [0.1, 0.15) is 78.1 Å². The molecule has 0 fully saturated rings. The van der Waals surface area contributed by atoms with Crippen LogP contribution >= 0.6 is 36.2 Å². The first-order valence-corrected chi connectivity index (χ1v) is 10.8. The van der Waals surface area contributed by atoms with Crippen molar-refractivity contribution in [2.75, 3.05) is 5.75 Å². The zero-order chi connectivity index (χ0) is 15.9. The summed E-state index contributed by atoms with van der Waals surface area (Å²) in [6, 6.07) is 0. The van der Waals surface area contributed by atoms with Gasteiger partial charge in [-0.15, -0.1) is 23.5 Å². The van der Waals surface area contributed by atoms with Gasteiger partial charge in [-0.1, -0.05) is 64.7 Å². The molecular weight excluding hydrogens is 320 g/mol. The third kappa shape index (κ3) is 15.2. The number of carbonyl (C=O) groups is 1. The zero-order valence-corrected chi connectivity index (χ0v) is 16.1. The third-order valence-electron chi connectivity index (χ3n) is 3.43. The highest BCUT2D eigenvalue weighted by molar-refractivity contribution is 8.28. The van der Waals surface area contributed by atoms with Crippen molar-refractivity contribution < 1.29 is 9.90 Å². The first-order valence-electron chi connectivity index (χ1n) is 8.25. The monoisotopic (exact) mass is 352 g/mol. The van der Waals surface area contributed by atoms with Crippen molar-refractivity contribution in [1.82, 2.24) is 0 Å². The molecule has 0 aliphatic heterocycles. The van der Waals surface area contributed by atoms with Crippen LogP contribution in [0, 0.1) is 0 Å². The minimum absolute atomic E-state index is 0.0784. The lowest BCUT2D eigenvalue weighted by molar-refractivity contribution is -0.136. The highest BCUT2D eigenvalue weighted by Gasteiger charge is 2.15. The predicted molar refractivity (Wildman–Crippen MR) is 102 cm³/mol. The van der Waals surface area contributed by atoms with Gasteiger partial charge in [-0.05, 0) is 19.1 Å². The molecule has 0 saturated heterocycles.